The molecule has 7 nitrogen and oxygen atoms in total. The molecule has 0 radical (unpaired) electrons. The van der Waals surface area contributed by atoms with Gasteiger partial charge in [-0.2, -0.15) is 0 Å². The minimum atomic E-state index is -3.79. The van der Waals surface area contributed by atoms with Crippen LogP contribution < -0.4 is 14.8 Å². The number of likely N-dealkylation sites (N-methyl/N-ethyl adjacent to an activating group) is 1. The summed E-state index contributed by atoms with van der Waals surface area (Å²) in [7, 11) is -2.26. The Labute approximate surface area is 187 Å². The predicted molar refractivity (Wildman–Crippen MR) is 127 cm³/mol. The molecule has 1 amide bonds. The lowest BCUT2D eigenvalue weighted by Crippen LogP contribution is -2.33. The van der Waals surface area contributed by atoms with E-state index in [-0.39, 0.29) is 10.8 Å². The third kappa shape index (κ3) is 4.01. The van der Waals surface area contributed by atoms with Crippen LogP contribution in [0, 0.1) is 0 Å². The number of anilines is 1. The van der Waals surface area contributed by atoms with Crippen LogP contribution in [0.2, 0.25) is 0 Å². The number of aryl methyl sites for hydroxylation is 1. The first-order chi connectivity index (χ1) is 15.3. The summed E-state index contributed by atoms with van der Waals surface area (Å²) >= 11 is 0. The van der Waals surface area contributed by atoms with Gasteiger partial charge in [0.2, 0.25) is 0 Å². The number of carbonyl (C=O) groups excluding carboxylic acids is 1. The number of amides is 1. The molecule has 4 rings (SSSR count). The van der Waals surface area contributed by atoms with Crippen LogP contribution in [-0.2, 0) is 21.4 Å². The number of benzene rings is 3. The molecule has 2 N–H and O–H groups in total. The Morgan fingerprint density at radius 2 is 1.69 bits per heavy atom. The van der Waals surface area contributed by atoms with E-state index in [4.69, 9.17) is 4.74 Å². The summed E-state index contributed by atoms with van der Waals surface area (Å²) in [5.74, 6) is 0.150. The fourth-order valence-corrected chi connectivity index (χ4v) is 4.88. The molecule has 1 heterocycles. The molecular formula is C24H25N3O4S. The number of para-hydroxylation sites is 1. The topological polar surface area (TPSA) is 89.4 Å². The molecule has 1 aromatic heterocycles. The van der Waals surface area contributed by atoms with Crippen LogP contribution in [0.4, 0.5) is 5.69 Å². The molecule has 0 bridgehead atoms. The van der Waals surface area contributed by atoms with Gasteiger partial charge < -0.3 is 14.6 Å². The zero-order chi connectivity index (χ0) is 22.9. The quantitative estimate of drug-likeness (QED) is 0.442. The van der Waals surface area contributed by atoms with E-state index in [9.17, 15) is 13.2 Å². The number of aromatic nitrogens is 1. The van der Waals surface area contributed by atoms with Gasteiger partial charge in [0.25, 0.3) is 15.9 Å². The summed E-state index contributed by atoms with van der Waals surface area (Å²) in [4.78, 5) is 11.7. The average molecular weight is 452 g/mol. The van der Waals surface area contributed by atoms with E-state index in [0.29, 0.717) is 11.4 Å². The molecule has 0 spiro atoms. The van der Waals surface area contributed by atoms with Crippen molar-refractivity contribution in [1.82, 2.24) is 9.88 Å². The standard InChI is InChI=1S/C24H25N3O4S/c1-4-27-22-8-6-5-7-20(22)21-15-17(9-14-23(21)27)26-32(29,30)19-12-10-18(11-13-19)31-16(2)24(28)25-3/h5-16,26H,4H2,1-3H3,(H,25,28)/t16-/m1/s1. The van der Waals surface area contributed by atoms with Crippen molar-refractivity contribution in [2.75, 3.05) is 11.8 Å². The zero-order valence-electron chi connectivity index (χ0n) is 18.1. The summed E-state index contributed by atoms with van der Waals surface area (Å²) in [5.41, 5.74) is 2.67. The highest BCUT2D eigenvalue weighted by atomic mass is 32.2. The number of hydrogen-bond donors (Lipinski definition) is 2. The number of nitrogens with zero attached hydrogens (tertiary/aromatic N) is 1. The summed E-state index contributed by atoms with van der Waals surface area (Å²) in [6.07, 6.45) is -0.683. The summed E-state index contributed by atoms with van der Waals surface area (Å²) < 4.78 is 36.3. The second-order valence-electron chi connectivity index (χ2n) is 7.44. The first kappa shape index (κ1) is 21.7. The molecule has 4 aromatic rings. The minimum absolute atomic E-state index is 0.105. The normalized spacial score (nSPS) is 12.6. The van der Waals surface area contributed by atoms with Gasteiger partial charge in [-0.05, 0) is 62.4 Å². The fourth-order valence-electron chi connectivity index (χ4n) is 3.83. The van der Waals surface area contributed by atoms with Crippen molar-refractivity contribution in [3.63, 3.8) is 0 Å². The lowest BCUT2D eigenvalue weighted by atomic mass is 10.1. The molecule has 1 atom stereocenters. The Hall–Kier alpha value is -3.52. The highest BCUT2D eigenvalue weighted by Crippen LogP contribution is 2.31. The number of sulfonamides is 1. The number of ether oxygens (including phenoxy) is 1. The first-order valence-corrected chi connectivity index (χ1v) is 11.8. The maximum Gasteiger partial charge on any atom is 0.261 e. The van der Waals surface area contributed by atoms with E-state index in [1.165, 1.54) is 31.3 Å². The second kappa shape index (κ2) is 8.55. The molecule has 0 aliphatic heterocycles. The van der Waals surface area contributed by atoms with Crippen molar-refractivity contribution in [1.29, 1.82) is 0 Å². The molecule has 0 unspecified atom stereocenters. The van der Waals surface area contributed by atoms with Crippen LogP contribution in [0.25, 0.3) is 21.8 Å². The summed E-state index contributed by atoms with van der Waals surface area (Å²) in [6.45, 7) is 4.53. The highest BCUT2D eigenvalue weighted by Gasteiger charge is 2.17. The molecular weight excluding hydrogens is 426 g/mol. The van der Waals surface area contributed by atoms with Gasteiger partial charge in [0, 0.05) is 41.1 Å². The Bertz CT molecular complexity index is 1390. The first-order valence-electron chi connectivity index (χ1n) is 10.4. The van der Waals surface area contributed by atoms with Gasteiger partial charge >= 0.3 is 0 Å². The number of rotatable bonds is 7. The van der Waals surface area contributed by atoms with Crippen LogP contribution in [0.3, 0.4) is 0 Å². The molecule has 8 heteroatoms. The third-order valence-electron chi connectivity index (χ3n) is 5.40. The molecule has 0 aliphatic carbocycles. The van der Waals surface area contributed by atoms with Gasteiger partial charge in [-0.3, -0.25) is 9.52 Å². The van der Waals surface area contributed by atoms with Gasteiger partial charge in [-0.15, -0.1) is 0 Å². The Kier molecular flexibility index (Phi) is 5.80. The molecule has 166 valence electrons. The van der Waals surface area contributed by atoms with E-state index in [1.807, 2.05) is 30.3 Å². The van der Waals surface area contributed by atoms with E-state index < -0.39 is 16.1 Å². The van der Waals surface area contributed by atoms with Gasteiger partial charge in [-0.25, -0.2) is 8.42 Å². The SMILES string of the molecule is CCn1c2ccccc2c2cc(NS(=O)(=O)c3ccc(O[C@H](C)C(=O)NC)cc3)ccc21. The summed E-state index contributed by atoms with van der Waals surface area (Å²) in [5, 5.41) is 4.58. The molecule has 3 aromatic carbocycles. The lowest BCUT2D eigenvalue weighted by Gasteiger charge is -2.14. The second-order valence-corrected chi connectivity index (χ2v) is 9.13. The molecule has 0 saturated carbocycles. The molecule has 32 heavy (non-hydrogen) atoms. The van der Waals surface area contributed by atoms with Gasteiger partial charge in [0.05, 0.1) is 4.90 Å². The Balaban J connectivity index is 1.60. The number of fused-ring (bicyclic) bond motifs is 3. The van der Waals surface area contributed by atoms with Crippen LogP contribution in [-0.4, -0.2) is 32.0 Å². The van der Waals surface area contributed by atoms with Gasteiger partial charge in [0.1, 0.15) is 5.75 Å². The van der Waals surface area contributed by atoms with E-state index in [0.717, 1.165) is 28.4 Å². The van der Waals surface area contributed by atoms with Crippen molar-refractivity contribution in [3.05, 3.63) is 66.7 Å². The van der Waals surface area contributed by atoms with Crippen molar-refractivity contribution in [2.45, 2.75) is 31.4 Å². The summed E-state index contributed by atoms with van der Waals surface area (Å²) in [6, 6.07) is 19.6. The number of hydrogen-bond acceptors (Lipinski definition) is 4. The van der Waals surface area contributed by atoms with Crippen molar-refractivity contribution in [2.24, 2.45) is 0 Å². The average Bonchev–Trinajstić information content (AvgIpc) is 3.11. The van der Waals surface area contributed by atoms with Crippen molar-refractivity contribution >= 4 is 43.4 Å². The predicted octanol–water partition coefficient (Wildman–Crippen LogP) is 4.13. The Morgan fingerprint density at radius 3 is 2.38 bits per heavy atom. The number of nitrogens with one attached hydrogen (secondary N) is 2. The number of carbonyl (C=O) groups is 1. The van der Waals surface area contributed by atoms with Crippen LogP contribution in [0.15, 0.2) is 71.6 Å². The van der Waals surface area contributed by atoms with Gasteiger partial charge in [0.15, 0.2) is 6.10 Å². The molecule has 0 aliphatic rings. The zero-order valence-corrected chi connectivity index (χ0v) is 18.9. The van der Waals surface area contributed by atoms with Crippen LogP contribution in [0.1, 0.15) is 13.8 Å². The van der Waals surface area contributed by atoms with E-state index in [2.05, 4.69) is 27.6 Å². The maximum absolute atomic E-state index is 12.9. The van der Waals surface area contributed by atoms with E-state index >= 15 is 0 Å². The minimum Gasteiger partial charge on any atom is -0.481 e. The molecule has 0 saturated heterocycles. The highest BCUT2D eigenvalue weighted by molar-refractivity contribution is 7.92. The van der Waals surface area contributed by atoms with Crippen LogP contribution >= 0.6 is 0 Å². The third-order valence-corrected chi connectivity index (χ3v) is 6.80. The fraction of sp³-hybridized carbons (Fsp3) is 0.208. The monoisotopic (exact) mass is 451 g/mol. The smallest absolute Gasteiger partial charge is 0.261 e. The van der Waals surface area contributed by atoms with Crippen molar-refractivity contribution < 1.29 is 17.9 Å². The van der Waals surface area contributed by atoms with Crippen molar-refractivity contribution in [3.8, 4) is 5.75 Å². The lowest BCUT2D eigenvalue weighted by molar-refractivity contribution is -0.126. The van der Waals surface area contributed by atoms with Crippen LogP contribution in [0.5, 0.6) is 5.75 Å². The largest absolute Gasteiger partial charge is 0.481 e. The van der Waals surface area contributed by atoms with E-state index in [1.54, 1.807) is 13.0 Å². The van der Waals surface area contributed by atoms with Gasteiger partial charge in [-0.1, -0.05) is 18.2 Å². The maximum atomic E-state index is 12.9. The molecule has 0 fully saturated rings. The Morgan fingerprint density at radius 1 is 1.00 bits per heavy atom.